The zero-order valence-corrected chi connectivity index (χ0v) is 15.1. The summed E-state index contributed by atoms with van der Waals surface area (Å²) in [6, 6.07) is 20.7. The number of nitrogens with zero attached hydrogens (tertiary/aromatic N) is 1. The summed E-state index contributed by atoms with van der Waals surface area (Å²) in [5, 5.41) is 0. The largest absolute Gasteiger partial charge is 0.339 e. The predicted octanol–water partition coefficient (Wildman–Crippen LogP) is 3.93. The predicted molar refractivity (Wildman–Crippen MR) is 99.1 cm³/mol. The number of hydrogen-bond acceptors (Lipinski definition) is 2. The monoisotopic (exact) mass is 338 g/mol. The van der Waals surface area contributed by atoms with Gasteiger partial charge in [0.2, 0.25) is 5.79 Å². The van der Waals surface area contributed by atoms with Crippen molar-refractivity contribution < 1.29 is 14.0 Å². The van der Waals surface area contributed by atoms with Crippen molar-refractivity contribution in [3.05, 3.63) is 71.8 Å². The van der Waals surface area contributed by atoms with E-state index in [0.717, 1.165) is 22.2 Å². The van der Waals surface area contributed by atoms with E-state index in [-0.39, 0.29) is 6.10 Å². The highest BCUT2D eigenvalue weighted by Gasteiger charge is 2.47. The lowest BCUT2D eigenvalue weighted by molar-refractivity contribution is -0.916. The van der Waals surface area contributed by atoms with E-state index < -0.39 is 5.79 Å². The van der Waals surface area contributed by atoms with Gasteiger partial charge in [-0.15, -0.1) is 0 Å². The average molecular weight is 338 g/mol. The Morgan fingerprint density at radius 3 is 2.00 bits per heavy atom. The molecule has 3 heteroatoms. The van der Waals surface area contributed by atoms with E-state index in [1.54, 1.807) is 0 Å². The van der Waals surface area contributed by atoms with Gasteiger partial charge in [-0.1, -0.05) is 60.7 Å². The van der Waals surface area contributed by atoms with E-state index in [4.69, 9.17) is 9.47 Å². The number of hydrogen-bond donors (Lipinski definition) is 0. The summed E-state index contributed by atoms with van der Waals surface area (Å²) >= 11 is 0. The molecule has 2 heterocycles. The fourth-order valence-corrected chi connectivity index (χ4v) is 4.34. The van der Waals surface area contributed by atoms with Crippen molar-refractivity contribution in [1.82, 2.24) is 0 Å². The second kappa shape index (κ2) is 6.91. The molecule has 3 nitrogen and oxygen atoms in total. The zero-order chi connectivity index (χ0) is 17.2. The normalized spacial score (nSPS) is 24.9. The summed E-state index contributed by atoms with van der Waals surface area (Å²) in [6.07, 6.45) is 4.15. The Balaban J connectivity index is 1.61. The van der Waals surface area contributed by atoms with Crippen molar-refractivity contribution >= 4 is 0 Å². The van der Waals surface area contributed by atoms with Crippen LogP contribution in [0.2, 0.25) is 0 Å². The topological polar surface area (TPSA) is 18.5 Å². The van der Waals surface area contributed by atoms with E-state index >= 15 is 0 Å². The molecule has 0 saturated carbocycles. The average Bonchev–Trinajstić information content (AvgIpc) is 3.08. The van der Waals surface area contributed by atoms with Crippen LogP contribution in [-0.4, -0.2) is 43.9 Å². The molecule has 1 atom stereocenters. The molecule has 0 amide bonds. The van der Waals surface area contributed by atoms with Crippen molar-refractivity contribution in [2.24, 2.45) is 0 Å². The molecule has 132 valence electrons. The number of benzene rings is 2. The molecule has 4 rings (SSSR count). The first-order valence-electron chi connectivity index (χ1n) is 9.47. The minimum Gasteiger partial charge on any atom is -0.339 e. The molecular weight excluding hydrogens is 310 g/mol. The van der Waals surface area contributed by atoms with Crippen LogP contribution in [0.15, 0.2) is 60.7 Å². The van der Waals surface area contributed by atoms with Gasteiger partial charge in [0.15, 0.2) is 0 Å². The van der Waals surface area contributed by atoms with Gasteiger partial charge >= 0.3 is 0 Å². The lowest BCUT2D eigenvalue weighted by atomic mass is 9.97. The van der Waals surface area contributed by atoms with Crippen LogP contribution in [-0.2, 0) is 15.3 Å². The van der Waals surface area contributed by atoms with Crippen molar-refractivity contribution in [2.45, 2.75) is 31.2 Å². The maximum Gasteiger partial charge on any atom is 0.222 e. The van der Waals surface area contributed by atoms with E-state index in [2.05, 4.69) is 55.6 Å². The number of ether oxygens (including phenoxy) is 2. The second-order valence-corrected chi connectivity index (χ2v) is 7.71. The van der Waals surface area contributed by atoms with Gasteiger partial charge in [-0.3, -0.25) is 0 Å². The molecule has 0 bridgehead atoms. The van der Waals surface area contributed by atoms with E-state index in [1.807, 2.05) is 12.1 Å². The Morgan fingerprint density at radius 2 is 1.44 bits per heavy atom. The van der Waals surface area contributed by atoms with Gasteiger partial charge in [0.1, 0.15) is 12.6 Å². The zero-order valence-electron chi connectivity index (χ0n) is 15.1. The van der Waals surface area contributed by atoms with Crippen LogP contribution in [0.4, 0.5) is 0 Å². The minimum atomic E-state index is -0.776. The van der Waals surface area contributed by atoms with Crippen LogP contribution in [0.5, 0.6) is 0 Å². The molecular formula is C22H28NO2+. The summed E-state index contributed by atoms with van der Waals surface area (Å²) in [5.41, 5.74) is 2.15. The highest BCUT2D eigenvalue weighted by Crippen LogP contribution is 2.41. The van der Waals surface area contributed by atoms with Gasteiger partial charge in [0, 0.05) is 11.1 Å². The highest BCUT2D eigenvalue weighted by molar-refractivity contribution is 5.34. The molecule has 0 aromatic heterocycles. The Labute approximate surface area is 150 Å². The Morgan fingerprint density at radius 1 is 0.880 bits per heavy atom. The Hall–Kier alpha value is -1.68. The van der Waals surface area contributed by atoms with Crippen LogP contribution in [0.1, 0.15) is 30.4 Å². The first-order valence-corrected chi connectivity index (χ1v) is 9.47. The van der Waals surface area contributed by atoms with Gasteiger partial charge in [-0.2, -0.15) is 0 Å². The fourth-order valence-electron chi connectivity index (χ4n) is 4.34. The van der Waals surface area contributed by atoms with Crippen molar-refractivity contribution in [3.63, 3.8) is 0 Å². The number of quaternary nitrogens is 1. The molecule has 2 aliphatic heterocycles. The summed E-state index contributed by atoms with van der Waals surface area (Å²) in [7, 11) is 2.37. The Bertz CT molecular complexity index is 640. The summed E-state index contributed by atoms with van der Waals surface area (Å²) in [5.74, 6) is -0.776. The molecule has 1 unspecified atom stereocenters. The van der Waals surface area contributed by atoms with Gasteiger partial charge < -0.3 is 14.0 Å². The van der Waals surface area contributed by atoms with E-state index in [1.165, 1.54) is 32.4 Å². The van der Waals surface area contributed by atoms with Crippen molar-refractivity contribution in [1.29, 1.82) is 0 Å². The molecule has 0 aliphatic carbocycles. The van der Waals surface area contributed by atoms with E-state index in [0.29, 0.717) is 6.61 Å². The minimum absolute atomic E-state index is 0.128. The van der Waals surface area contributed by atoms with Crippen LogP contribution in [0, 0.1) is 0 Å². The molecule has 2 aliphatic rings. The molecule has 2 aromatic carbocycles. The van der Waals surface area contributed by atoms with Crippen LogP contribution in [0.25, 0.3) is 0 Å². The number of rotatable bonds is 4. The number of likely N-dealkylation sites (N-methyl/N-ethyl adjacent to an activating group) is 1. The molecule has 2 fully saturated rings. The van der Waals surface area contributed by atoms with Gasteiger partial charge in [-0.25, -0.2) is 0 Å². The van der Waals surface area contributed by atoms with Gasteiger partial charge in [0.25, 0.3) is 0 Å². The number of piperidine rings is 1. The molecule has 2 saturated heterocycles. The first-order chi connectivity index (χ1) is 12.2. The molecule has 0 N–H and O–H groups in total. The second-order valence-electron chi connectivity index (χ2n) is 7.71. The molecule has 2 aromatic rings. The first kappa shape index (κ1) is 16.8. The standard InChI is InChI=1S/C22H28NO2/c1-23(15-9-4-10-16-23)17-21-18-24-22(25-21,19-11-5-2-6-12-19)20-13-7-3-8-14-20/h2-3,5-8,11-14,21H,4,9-10,15-18H2,1H3/q+1. The summed E-state index contributed by atoms with van der Waals surface area (Å²) in [4.78, 5) is 0. The fraction of sp³-hybridized carbons (Fsp3) is 0.455. The van der Waals surface area contributed by atoms with Crippen LogP contribution in [0.3, 0.4) is 0 Å². The smallest absolute Gasteiger partial charge is 0.222 e. The highest BCUT2D eigenvalue weighted by atomic mass is 16.7. The quantitative estimate of drug-likeness (QED) is 0.786. The van der Waals surface area contributed by atoms with Gasteiger partial charge in [0.05, 0.1) is 26.7 Å². The number of likely N-dealkylation sites (tertiary alicyclic amines) is 1. The third-order valence-corrected chi connectivity index (χ3v) is 5.65. The van der Waals surface area contributed by atoms with Gasteiger partial charge in [-0.05, 0) is 19.3 Å². The third kappa shape index (κ3) is 3.37. The third-order valence-electron chi connectivity index (χ3n) is 5.65. The summed E-state index contributed by atoms with van der Waals surface area (Å²) < 4.78 is 14.1. The maximum absolute atomic E-state index is 6.65. The molecule has 0 spiro atoms. The van der Waals surface area contributed by atoms with Crippen LogP contribution < -0.4 is 0 Å². The van der Waals surface area contributed by atoms with Crippen LogP contribution >= 0.6 is 0 Å². The molecule has 25 heavy (non-hydrogen) atoms. The maximum atomic E-state index is 6.65. The summed E-state index contributed by atoms with van der Waals surface area (Å²) in [6.45, 7) is 4.19. The van der Waals surface area contributed by atoms with E-state index in [9.17, 15) is 0 Å². The lowest BCUT2D eigenvalue weighted by Gasteiger charge is -2.39. The van der Waals surface area contributed by atoms with Crippen molar-refractivity contribution in [2.75, 3.05) is 33.3 Å². The SMILES string of the molecule is C[N+]1(CC2COC(c3ccccc3)(c3ccccc3)O2)CCCCC1. The van der Waals surface area contributed by atoms with Crippen molar-refractivity contribution in [3.8, 4) is 0 Å². The molecule has 0 radical (unpaired) electrons. The Kier molecular flexibility index (Phi) is 4.63. The lowest BCUT2D eigenvalue weighted by Crippen LogP contribution is -2.52.